The predicted octanol–water partition coefficient (Wildman–Crippen LogP) is 2.69. The summed E-state index contributed by atoms with van der Waals surface area (Å²) in [6.07, 6.45) is -1.86. The van der Waals surface area contributed by atoms with Gasteiger partial charge in [0, 0.05) is 32.9 Å². The molecule has 1 aromatic carbocycles. The summed E-state index contributed by atoms with van der Waals surface area (Å²) < 4.78 is 40.6. The Morgan fingerprint density at radius 2 is 1.70 bits per heavy atom. The number of nitrogens with one attached hydrogen (secondary N) is 1. The van der Waals surface area contributed by atoms with E-state index in [4.69, 9.17) is 0 Å². The van der Waals surface area contributed by atoms with Crippen molar-refractivity contribution in [2.24, 2.45) is 13.0 Å². The number of carbonyl (C=O) groups is 2. The molecule has 0 atom stereocenters. The first-order chi connectivity index (χ1) is 14.2. The summed E-state index contributed by atoms with van der Waals surface area (Å²) in [7, 11) is 1.57. The number of amides is 2. The smallest absolute Gasteiger partial charge is 0.352 e. The van der Waals surface area contributed by atoms with Crippen LogP contribution in [0.3, 0.4) is 0 Å². The summed E-state index contributed by atoms with van der Waals surface area (Å²) in [6.45, 7) is 1.05. The number of piperidine rings is 1. The molecule has 1 aliphatic rings. The summed E-state index contributed by atoms with van der Waals surface area (Å²) in [5.74, 6) is -1.07. The highest BCUT2D eigenvalue weighted by molar-refractivity contribution is 5.96. The number of pyridine rings is 1. The molecule has 0 radical (unpaired) electrons. The van der Waals surface area contributed by atoms with E-state index in [1.165, 1.54) is 22.8 Å². The fourth-order valence-corrected chi connectivity index (χ4v) is 3.53. The Morgan fingerprint density at radius 1 is 1.07 bits per heavy atom. The molecule has 1 fully saturated rings. The maximum absolute atomic E-state index is 13.1. The van der Waals surface area contributed by atoms with Gasteiger partial charge in [-0.15, -0.1) is 0 Å². The van der Waals surface area contributed by atoms with Crippen molar-refractivity contribution < 1.29 is 22.8 Å². The number of nitrogens with zero attached hydrogens (tertiary/aromatic N) is 2. The number of benzene rings is 1. The molecule has 1 aromatic heterocycles. The summed E-state index contributed by atoms with van der Waals surface area (Å²) >= 11 is 0. The van der Waals surface area contributed by atoms with Crippen LogP contribution in [-0.4, -0.2) is 40.9 Å². The Bertz CT molecular complexity index is 993. The predicted molar refractivity (Wildman–Crippen MR) is 104 cm³/mol. The largest absolute Gasteiger partial charge is 0.417 e. The summed E-state index contributed by atoms with van der Waals surface area (Å²) in [5, 5.41) is 2.58. The number of carbonyl (C=O) groups excluding carboxylic acids is 2. The van der Waals surface area contributed by atoms with Crippen LogP contribution in [0, 0.1) is 5.92 Å². The molecular formula is C21H22F3N3O3. The van der Waals surface area contributed by atoms with Gasteiger partial charge in [0.05, 0.1) is 11.1 Å². The maximum atomic E-state index is 13.1. The van der Waals surface area contributed by atoms with E-state index in [2.05, 4.69) is 5.32 Å². The first-order valence-corrected chi connectivity index (χ1v) is 9.58. The van der Waals surface area contributed by atoms with Crippen LogP contribution in [0.4, 0.5) is 13.2 Å². The highest BCUT2D eigenvalue weighted by Crippen LogP contribution is 2.31. The number of rotatable bonds is 4. The molecule has 1 aliphatic heterocycles. The molecule has 0 aliphatic carbocycles. The minimum Gasteiger partial charge on any atom is -0.352 e. The van der Waals surface area contributed by atoms with E-state index in [0.717, 1.165) is 12.1 Å². The molecule has 2 heterocycles. The van der Waals surface area contributed by atoms with Gasteiger partial charge in [-0.2, -0.15) is 13.2 Å². The van der Waals surface area contributed by atoms with Gasteiger partial charge in [-0.3, -0.25) is 14.4 Å². The highest BCUT2D eigenvalue weighted by atomic mass is 19.4. The third-order valence-corrected chi connectivity index (χ3v) is 5.28. The minimum absolute atomic E-state index is 0.0367. The average Bonchev–Trinajstić information content (AvgIpc) is 2.73. The lowest BCUT2D eigenvalue weighted by atomic mass is 9.96. The number of halogens is 3. The van der Waals surface area contributed by atoms with E-state index in [9.17, 15) is 27.6 Å². The third-order valence-electron chi connectivity index (χ3n) is 5.28. The number of aryl methyl sites for hydroxylation is 1. The van der Waals surface area contributed by atoms with Crippen molar-refractivity contribution >= 4 is 11.8 Å². The molecule has 1 saturated heterocycles. The van der Waals surface area contributed by atoms with E-state index in [0.29, 0.717) is 25.9 Å². The lowest BCUT2D eigenvalue weighted by molar-refractivity contribution is -0.137. The molecule has 2 amide bonds. The molecule has 3 rings (SSSR count). The number of aromatic nitrogens is 1. The Kier molecular flexibility index (Phi) is 6.28. The monoisotopic (exact) mass is 421 g/mol. The number of alkyl halides is 3. The van der Waals surface area contributed by atoms with Gasteiger partial charge in [-0.1, -0.05) is 12.1 Å². The van der Waals surface area contributed by atoms with Crippen molar-refractivity contribution in [3.8, 4) is 0 Å². The number of likely N-dealkylation sites (tertiary alicyclic amines) is 1. The summed E-state index contributed by atoms with van der Waals surface area (Å²) in [5.41, 5.74) is -1.62. The zero-order chi connectivity index (χ0) is 21.9. The van der Waals surface area contributed by atoms with Gasteiger partial charge in [-0.05, 0) is 43.0 Å². The molecule has 0 spiro atoms. The van der Waals surface area contributed by atoms with Gasteiger partial charge in [0.2, 0.25) is 0 Å². The Labute approximate surface area is 171 Å². The summed E-state index contributed by atoms with van der Waals surface area (Å²) in [6, 6.07) is 7.80. The van der Waals surface area contributed by atoms with Crippen molar-refractivity contribution in [2.75, 3.05) is 19.6 Å². The van der Waals surface area contributed by atoms with Crippen molar-refractivity contribution in [1.29, 1.82) is 0 Å². The van der Waals surface area contributed by atoms with E-state index in [1.54, 1.807) is 24.2 Å². The van der Waals surface area contributed by atoms with Crippen LogP contribution in [0.15, 0.2) is 47.4 Å². The van der Waals surface area contributed by atoms with Crippen LogP contribution in [0.25, 0.3) is 0 Å². The van der Waals surface area contributed by atoms with E-state index >= 15 is 0 Å². The molecule has 2 aromatic rings. The molecule has 9 heteroatoms. The second-order valence-corrected chi connectivity index (χ2v) is 7.33. The van der Waals surface area contributed by atoms with Gasteiger partial charge in [0.25, 0.3) is 17.4 Å². The normalized spacial score (nSPS) is 15.1. The van der Waals surface area contributed by atoms with Crippen LogP contribution < -0.4 is 10.9 Å². The highest BCUT2D eigenvalue weighted by Gasteiger charge is 2.35. The molecule has 0 bridgehead atoms. The van der Waals surface area contributed by atoms with Crippen LogP contribution >= 0.6 is 0 Å². The SMILES string of the molecule is Cn1cccc(C(=O)N2CCC(CNC(=O)c3ccccc3C(F)(F)F)CC2)c1=O. The van der Waals surface area contributed by atoms with Crippen molar-refractivity contribution in [3.63, 3.8) is 0 Å². The van der Waals surface area contributed by atoms with E-state index in [-0.39, 0.29) is 29.5 Å². The van der Waals surface area contributed by atoms with Gasteiger partial charge in [0.15, 0.2) is 0 Å². The summed E-state index contributed by atoms with van der Waals surface area (Å²) in [4.78, 5) is 38.6. The van der Waals surface area contributed by atoms with Crippen LogP contribution in [0.1, 0.15) is 39.1 Å². The van der Waals surface area contributed by atoms with E-state index in [1.807, 2.05) is 0 Å². The van der Waals surface area contributed by atoms with Gasteiger partial charge < -0.3 is 14.8 Å². The molecule has 0 saturated carbocycles. The molecular weight excluding hydrogens is 399 g/mol. The third kappa shape index (κ3) is 4.72. The standard InChI is InChI=1S/C21H22F3N3O3/c1-26-10-4-6-16(19(26)29)20(30)27-11-8-14(9-12-27)13-25-18(28)15-5-2-3-7-17(15)21(22,23)24/h2-7,10,14H,8-9,11-13H2,1H3,(H,25,28). The van der Waals surface area contributed by atoms with Gasteiger partial charge in [0.1, 0.15) is 5.56 Å². The number of hydrogen-bond acceptors (Lipinski definition) is 3. The Morgan fingerprint density at radius 3 is 2.37 bits per heavy atom. The Balaban J connectivity index is 1.56. The fourth-order valence-electron chi connectivity index (χ4n) is 3.53. The zero-order valence-electron chi connectivity index (χ0n) is 16.4. The quantitative estimate of drug-likeness (QED) is 0.825. The lowest BCUT2D eigenvalue weighted by Crippen LogP contribution is -2.43. The van der Waals surface area contributed by atoms with Crippen molar-refractivity contribution in [1.82, 2.24) is 14.8 Å². The molecule has 6 nitrogen and oxygen atoms in total. The van der Waals surface area contributed by atoms with Crippen LogP contribution in [-0.2, 0) is 13.2 Å². The van der Waals surface area contributed by atoms with Crippen molar-refractivity contribution in [3.05, 3.63) is 69.6 Å². The molecule has 30 heavy (non-hydrogen) atoms. The molecule has 0 unspecified atom stereocenters. The lowest BCUT2D eigenvalue weighted by Gasteiger charge is -2.32. The average molecular weight is 421 g/mol. The number of hydrogen-bond donors (Lipinski definition) is 1. The second-order valence-electron chi connectivity index (χ2n) is 7.33. The fraction of sp³-hybridized carbons (Fsp3) is 0.381. The first kappa shape index (κ1) is 21.6. The molecule has 1 N–H and O–H groups in total. The second kappa shape index (κ2) is 8.73. The Hall–Kier alpha value is -3.10. The topological polar surface area (TPSA) is 71.4 Å². The van der Waals surface area contributed by atoms with Crippen LogP contribution in [0.5, 0.6) is 0 Å². The molecule has 160 valence electrons. The van der Waals surface area contributed by atoms with Gasteiger partial charge >= 0.3 is 6.18 Å². The van der Waals surface area contributed by atoms with E-state index < -0.39 is 23.2 Å². The van der Waals surface area contributed by atoms with Gasteiger partial charge in [-0.25, -0.2) is 0 Å². The first-order valence-electron chi connectivity index (χ1n) is 9.58. The maximum Gasteiger partial charge on any atom is 0.417 e. The minimum atomic E-state index is -4.60. The van der Waals surface area contributed by atoms with Crippen molar-refractivity contribution in [2.45, 2.75) is 19.0 Å². The van der Waals surface area contributed by atoms with Crippen LogP contribution in [0.2, 0.25) is 0 Å². The zero-order valence-corrected chi connectivity index (χ0v) is 16.4.